The lowest BCUT2D eigenvalue weighted by molar-refractivity contribution is 0.394. The number of H-pyrrole nitrogens is 1. The van der Waals surface area contributed by atoms with Gasteiger partial charge in [0.25, 0.3) is 0 Å². The zero-order chi connectivity index (χ0) is 23.9. The Bertz CT molecular complexity index is 1210. The topological polar surface area (TPSA) is 80.6 Å². The molecule has 1 aromatic carbocycles. The Balaban J connectivity index is 1.76. The van der Waals surface area contributed by atoms with Crippen LogP contribution in [-0.4, -0.2) is 46.7 Å². The SMILES string of the molecule is CC/C=C(\C=C1\C=C(c2cnn(C)c2)C=NC1)N(Cc1ncc[nH]1)c1cc(OC)cc(OC)c1. The summed E-state index contributed by atoms with van der Waals surface area (Å²) in [4.78, 5) is 14.5. The predicted molar refractivity (Wildman–Crippen MR) is 135 cm³/mol. The highest BCUT2D eigenvalue weighted by Crippen LogP contribution is 2.32. The number of anilines is 1. The first-order valence-corrected chi connectivity index (χ1v) is 11.2. The number of aromatic amines is 1. The summed E-state index contributed by atoms with van der Waals surface area (Å²) in [6.45, 7) is 3.30. The van der Waals surface area contributed by atoms with Crippen LogP contribution in [0, 0.1) is 0 Å². The molecular formula is C26H30N6O2. The molecule has 3 heterocycles. The number of dihydropyridines is 1. The first-order chi connectivity index (χ1) is 16.6. The van der Waals surface area contributed by atoms with Gasteiger partial charge in [0, 0.05) is 72.6 Å². The number of ether oxygens (including phenoxy) is 2. The van der Waals surface area contributed by atoms with Crippen LogP contribution in [-0.2, 0) is 13.6 Å². The van der Waals surface area contributed by atoms with Gasteiger partial charge in [-0.1, -0.05) is 13.0 Å². The van der Waals surface area contributed by atoms with Crippen molar-refractivity contribution in [3.8, 4) is 11.5 Å². The Morgan fingerprint density at radius 2 is 2.00 bits per heavy atom. The van der Waals surface area contributed by atoms with E-state index in [2.05, 4.69) is 50.1 Å². The smallest absolute Gasteiger partial charge is 0.126 e. The van der Waals surface area contributed by atoms with E-state index in [-0.39, 0.29) is 0 Å². The Labute approximate surface area is 199 Å². The van der Waals surface area contributed by atoms with Gasteiger partial charge in [0.1, 0.15) is 17.3 Å². The summed E-state index contributed by atoms with van der Waals surface area (Å²) in [5.74, 6) is 2.31. The van der Waals surface area contributed by atoms with Crippen LogP contribution in [0.5, 0.6) is 11.5 Å². The number of hydrogen-bond donors (Lipinski definition) is 1. The Morgan fingerprint density at radius 3 is 2.62 bits per heavy atom. The average Bonchev–Trinajstić information content (AvgIpc) is 3.54. The lowest BCUT2D eigenvalue weighted by Crippen LogP contribution is -2.22. The van der Waals surface area contributed by atoms with Gasteiger partial charge in [-0.15, -0.1) is 0 Å². The summed E-state index contributed by atoms with van der Waals surface area (Å²) in [5, 5.41) is 4.29. The predicted octanol–water partition coefficient (Wildman–Crippen LogP) is 4.56. The molecule has 1 aliphatic rings. The van der Waals surface area contributed by atoms with Crippen LogP contribution in [0.3, 0.4) is 0 Å². The zero-order valence-electron chi connectivity index (χ0n) is 20.0. The highest BCUT2D eigenvalue weighted by Gasteiger charge is 2.17. The first kappa shape index (κ1) is 23.1. The minimum atomic E-state index is 0.557. The van der Waals surface area contributed by atoms with E-state index in [0.717, 1.165) is 51.8 Å². The molecule has 0 amide bonds. The minimum Gasteiger partial charge on any atom is -0.497 e. The van der Waals surface area contributed by atoms with Gasteiger partial charge in [-0.2, -0.15) is 5.10 Å². The minimum absolute atomic E-state index is 0.557. The largest absolute Gasteiger partial charge is 0.497 e. The standard InChI is InChI=1S/C26H30N6O2/c1-5-6-22(10-19-9-20(15-27-14-19)21-16-30-31(2)17-21)32(18-26-28-7-8-29-26)23-11-24(33-3)13-25(12-23)34-4/h6-13,15-17H,5,14,18H2,1-4H3,(H,28,29)/b19-10-,22-6+. The molecule has 4 rings (SSSR count). The van der Waals surface area contributed by atoms with Gasteiger partial charge in [-0.05, 0) is 24.1 Å². The lowest BCUT2D eigenvalue weighted by atomic mass is 10.0. The molecule has 34 heavy (non-hydrogen) atoms. The Hall–Kier alpha value is -4.07. The summed E-state index contributed by atoms with van der Waals surface area (Å²) in [6.07, 6.45) is 16.8. The maximum atomic E-state index is 5.54. The van der Waals surface area contributed by atoms with E-state index in [1.165, 1.54) is 0 Å². The molecule has 176 valence electrons. The van der Waals surface area contributed by atoms with Crippen molar-refractivity contribution < 1.29 is 9.47 Å². The number of allylic oxidation sites excluding steroid dienone is 3. The van der Waals surface area contributed by atoms with Crippen molar-refractivity contribution in [2.45, 2.75) is 19.9 Å². The quantitative estimate of drug-likeness (QED) is 0.509. The fourth-order valence-electron chi connectivity index (χ4n) is 3.81. The third-order valence-corrected chi connectivity index (χ3v) is 5.45. The van der Waals surface area contributed by atoms with Gasteiger partial charge in [-0.3, -0.25) is 9.67 Å². The van der Waals surface area contributed by atoms with E-state index in [4.69, 9.17) is 9.47 Å². The summed E-state index contributed by atoms with van der Waals surface area (Å²) in [7, 11) is 5.23. The van der Waals surface area contributed by atoms with Gasteiger partial charge >= 0.3 is 0 Å². The number of imidazole rings is 1. The number of methoxy groups -OCH3 is 2. The molecule has 0 saturated carbocycles. The zero-order valence-corrected chi connectivity index (χ0v) is 20.0. The molecule has 0 fully saturated rings. The molecule has 2 aromatic heterocycles. The molecule has 1 N–H and O–H groups in total. The molecule has 8 heteroatoms. The maximum absolute atomic E-state index is 5.54. The van der Waals surface area contributed by atoms with E-state index < -0.39 is 0 Å². The number of nitrogens with zero attached hydrogens (tertiary/aromatic N) is 5. The Morgan fingerprint density at radius 1 is 1.21 bits per heavy atom. The third kappa shape index (κ3) is 5.46. The van der Waals surface area contributed by atoms with Crippen LogP contribution < -0.4 is 14.4 Å². The molecular weight excluding hydrogens is 428 g/mol. The second kappa shape index (κ2) is 10.7. The van der Waals surface area contributed by atoms with Crippen LogP contribution in [0.25, 0.3) is 5.57 Å². The van der Waals surface area contributed by atoms with Crippen molar-refractivity contribution in [2.75, 3.05) is 25.7 Å². The van der Waals surface area contributed by atoms with Gasteiger partial charge in [-0.25, -0.2) is 4.98 Å². The summed E-state index contributed by atoms with van der Waals surface area (Å²) in [5.41, 5.74) is 5.19. The van der Waals surface area contributed by atoms with Crippen LogP contribution in [0.2, 0.25) is 0 Å². The van der Waals surface area contributed by atoms with Crippen molar-refractivity contribution >= 4 is 17.5 Å². The second-order valence-corrected chi connectivity index (χ2v) is 7.92. The molecule has 8 nitrogen and oxygen atoms in total. The van der Waals surface area contributed by atoms with E-state index in [1.807, 2.05) is 50.1 Å². The first-order valence-electron chi connectivity index (χ1n) is 11.2. The second-order valence-electron chi connectivity index (χ2n) is 7.92. The number of aliphatic imine (C=N–C) groups is 1. The fourth-order valence-corrected chi connectivity index (χ4v) is 3.81. The molecule has 0 spiro atoms. The molecule has 3 aromatic rings. The lowest BCUT2D eigenvalue weighted by Gasteiger charge is -2.27. The molecule has 1 aliphatic heterocycles. The van der Waals surface area contributed by atoms with Gasteiger partial charge in [0.05, 0.1) is 33.5 Å². The number of aromatic nitrogens is 4. The van der Waals surface area contributed by atoms with Crippen LogP contribution >= 0.6 is 0 Å². The van der Waals surface area contributed by atoms with Crippen molar-refractivity contribution in [3.05, 3.63) is 83.9 Å². The maximum Gasteiger partial charge on any atom is 0.126 e. The molecule has 0 saturated heterocycles. The normalized spacial score (nSPS) is 14.9. The molecule has 0 atom stereocenters. The van der Waals surface area contributed by atoms with Crippen LogP contribution in [0.15, 0.2) is 77.5 Å². The highest BCUT2D eigenvalue weighted by molar-refractivity contribution is 6.11. The van der Waals surface area contributed by atoms with E-state index in [0.29, 0.717) is 13.1 Å². The molecule has 0 radical (unpaired) electrons. The average molecular weight is 459 g/mol. The van der Waals surface area contributed by atoms with E-state index in [1.54, 1.807) is 25.1 Å². The van der Waals surface area contributed by atoms with Crippen molar-refractivity contribution in [2.24, 2.45) is 12.0 Å². The molecule has 0 unspecified atom stereocenters. The van der Waals surface area contributed by atoms with Gasteiger partial charge < -0.3 is 19.4 Å². The van der Waals surface area contributed by atoms with Crippen molar-refractivity contribution in [1.29, 1.82) is 0 Å². The van der Waals surface area contributed by atoms with Crippen LogP contribution in [0.1, 0.15) is 24.7 Å². The van der Waals surface area contributed by atoms with Crippen molar-refractivity contribution in [1.82, 2.24) is 19.7 Å². The van der Waals surface area contributed by atoms with Crippen molar-refractivity contribution in [3.63, 3.8) is 0 Å². The molecule has 0 aliphatic carbocycles. The molecule has 0 bridgehead atoms. The third-order valence-electron chi connectivity index (χ3n) is 5.45. The summed E-state index contributed by atoms with van der Waals surface area (Å²) >= 11 is 0. The Kier molecular flexibility index (Phi) is 7.27. The summed E-state index contributed by atoms with van der Waals surface area (Å²) < 4.78 is 12.9. The fraction of sp³-hybridized carbons (Fsp3) is 0.269. The summed E-state index contributed by atoms with van der Waals surface area (Å²) in [6, 6.07) is 5.88. The van der Waals surface area contributed by atoms with Crippen LogP contribution in [0.4, 0.5) is 5.69 Å². The monoisotopic (exact) mass is 458 g/mol. The number of rotatable bonds is 9. The van der Waals surface area contributed by atoms with Gasteiger partial charge in [0.15, 0.2) is 0 Å². The van der Waals surface area contributed by atoms with E-state index >= 15 is 0 Å². The highest BCUT2D eigenvalue weighted by atomic mass is 16.5. The number of aryl methyl sites for hydroxylation is 1. The number of nitrogens with one attached hydrogen (secondary N) is 1. The number of benzene rings is 1. The van der Waals surface area contributed by atoms with Gasteiger partial charge in [0.2, 0.25) is 0 Å². The van der Waals surface area contributed by atoms with E-state index in [9.17, 15) is 0 Å². The number of hydrogen-bond acceptors (Lipinski definition) is 6.